The lowest BCUT2D eigenvalue weighted by atomic mass is 10.2. The van der Waals surface area contributed by atoms with Crippen molar-refractivity contribution in [1.29, 1.82) is 0 Å². The summed E-state index contributed by atoms with van der Waals surface area (Å²) in [7, 11) is -3.60. The third-order valence-corrected chi connectivity index (χ3v) is 8.54. The van der Waals surface area contributed by atoms with Gasteiger partial charge in [-0.1, -0.05) is 6.42 Å². The van der Waals surface area contributed by atoms with Crippen LogP contribution < -0.4 is 0 Å². The van der Waals surface area contributed by atoms with Crippen LogP contribution >= 0.6 is 11.3 Å². The molecule has 2 fully saturated rings. The lowest BCUT2D eigenvalue weighted by Gasteiger charge is -2.34. The molecule has 2 aliphatic rings. The Bertz CT molecular complexity index is 932. The van der Waals surface area contributed by atoms with Gasteiger partial charge < -0.3 is 4.90 Å². The van der Waals surface area contributed by atoms with Crippen LogP contribution in [-0.2, 0) is 16.6 Å². The van der Waals surface area contributed by atoms with Crippen molar-refractivity contribution < 1.29 is 13.2 Å². The Labute approximate surface area is 176 Å². The molecular weight excluding hydrogens is 408 g/mol. The topological polar surface area (TPSA) is 73.8 Å². The molecule has 0 unspecified atom stereocenters. The van der Waals surface area contributed by atoms with Crippen molar-refractivity contribution in [3.63, 3.8) is 0 Å². The fourth-order valence-corrected chi connectivity index (χ4v) is 6.78. The summed E-state index contributed by atoms with van der Waals surface area (Å²) in [5, 5.41) is 1.71. The zero-order valence-electron chi connectivity index (χ0n) is 16.4. The van der Waals surface area contributed by atoms with Gasteiger partial charge >= 0.3 is 0 Å². The van der Waals surface area contributed by atoms with E-state index in [1.165, 1.54) is 21.2 Å². The molecule has 0 atom stereocenters. The Morgan fingerprint density at radius 3 is 2.34 bits per heavy atom. The Kier molecular flexibility index (Phi) is 6.29. The lowest BCUT2D eigenvalue weighted by molar-refractivity contribution is 0.0629. The number of aromatic nitrogens is 1. The van der Waals surface area contributed by atoms with Crippen LogP contribution in [0.5, 0.6) is 0 Å². The molecule has 7 nitrogen and oxygen atoms in total. The molecule has 2 saturated heterocycles. The summed E-state index contributed by atoms with van der Waals surface area (Å²) in [6.07, 6.45) is 6.40. The molecular formula is C20H26N4O3S2. The molecule has 4 heterocycles. The van der Waals surface area contributed by atoms with Crippen molar-refractivity contribution in [3.8, 4) is 0 Å². The first-order valence-corrected chi connectivity index (χ1v) is 12.4. The van der Waals surface area contributed by atoms with Gasteiger partial charge in [-0.2, -0.15) is 4.31 Å². The first-order valence-electron chi connectivity index (χ1n) is 10.0. The lowest BCUT2D eigenvalue weighted by Crippen LogP contribution is -2.48. The molecule has 0 aliphatic carbocycles. The van der Waals surface area contributed by atoms with Gasteiger partial charge in [-0.05, 0) is 42.0 Å². The van der Waals surface area contributed by atoms with Crippen LogP contribution in [0.15, 0.2) is 40.9 Å². The molecule has 0 spiro atoms. The normalized spacial score (nSPS) is 19.4. The SMILES string of the molecule is O=C(c1sccc1S(=O)(=O)N1CCCCC1)N1CCN(Cc2ccncc2)CC1. The Hall–Kier alpha value is -1.81. The van der Waals surface area contributed by atoms with E-state index in [-0.39, 0.29) is 10.8 Å². The molecule has 0 saturated carbocycles. The molecule has 0 radical (unpaired) electrons. The van der Waals surface area contributed by atoms with Gasteiger partial charge in [0.05, 0.1) is 0 Å². The van der Waals surface area contributed by atoms with Crippen molar-refractivity contribution in [3.05, 3.63) is 46.4 Å². The summed E-state index contributed by atoms with van der Waals surface area (Å²) >= 11 is 1.23. The van der Waals surface area contributed by atoms with Gasteiger partial charge in [-0.25, -0.2) is 8.42 Å². The first kappa shape index (κ1) is 20.5. The molecule has 0 N–H and O–H groups in total. The number of hydrogen-bond donors (Lipinski definition) is 0. The Morgan fingerprint density at radius 1 is 0.966 bits per heavy atom. The number of carbonyl (C=O) groups excluding carboxylic acids is 1. The van der Waals surface area contributed by atoms with Crippen molar-refractivity contribution in [2.24, 2.45) is 0 Å². The van der Waals surface area contributed by atoms with Crippen LogP contribution in [0, 0.1) is 0 Å². The van der Waals surface area contributed by atoms with Gasteiger partial charge in [0.15, 0.2) is 0 Å². The van der Waals surface area contributed by atoms with Crippen LogP contribution in [0.3, 0.4) is 0 Å². The molecule has 2 aliphatic heterocycles. The summed E-state index contributed by atoms with van der Waals surface area (Å²) in [5.74, 6) is -0.167. The van der Waals surface area contributed by atoms with Crippen LogP contribution in [-0.4, -0.2) is 72.7 Å². The maximum Gasteiger partial charge on any atom is 0.265 e. The predicted octanol–water partition coefficient (Wildman–Crippen LogP) is 2.28. The molecule has 2 aromatic heterocycles. The van der Waals surface area contributed by atoms with Gasteiger partial charge in [0, 0.05) is 58.2 Å². The van der Waals surface area contributed by atoms with Crippen molar-refractivity contribution in [1.82, 2.24) is 19.1 Å². The fourth-order valence-electron chi connectivity index (χ4n) is 3.90. The maximum atomic E-state index is 13.1. The van der Waals surface area contributed by atoms with Gasteiger partial charge in [0.2, 0.25) is 10.0 Å². The molecule has 156 valence electrons. The van der Waals surface area contributed by atoms with E-state index in [0.29, 0.717) is 31.1 Å². The van der Waals surface area contributed by atoms with Crippen LogP contribution in [0.1, 0.15) is 34.5 Å². The smallest absolute Gasteiger partial charge is 0.265 e. The number of piperidine rings is 1. The summed E-state index contributed by atoms with van der Waals surface area (Å²) in [5.41, 5.74) is 1.20. The largest absolute Gasteiger partial charge is 0.335 e. The van der Waals surface area contributed by atoms with Gasteiger partial charge in [0.1, 0.15) is 9.77 Å². The number of hydrogen-bond acceptors (Lipinski definition) is 6. The Balaban J connectivity index is 1.42. The molecule has 2 aromatic rings. The summed E-state index contributed by atoms with van der Waals surface area (Å²) in [6, 6.07) is 5.59. The average molecular weight is 435 g/mol. The van der Waals surface area contributed by atoms with Crippen molar-refractivity contribution >= 4 is 27.3 Å². The monoisotopic (exact) mass is 434 g/mol. The van der Waals surface area contributed by atoms with E-state index >= 15 is 0 Å². The van der Waals surface area contributed by atoms with Gasteiger partial charge in [-0.3, -0.25) is 14.7 Å². The molecule has 4 rings (SSSR count). The number of carbonyl (C=O) groups is 1. The number of sulfonamides is 1. The summed E-state index contributed by atoms with van der Waals surface area (Å²) in [4.78, 5) is 21.8. The van der Waals surface area contributed by atoms with E-state index in [0.717, 1.165) is 38.9 Å². The first-order chi connectivity index (χ1) is 14.1. The van der Waals surface area contributed by atoms with Crippen LogP contribution in [0.25, 0.3) is 0 Å². The molecule has 1 amide bonds. The number of thiophene rings is 1. The van der Waals surface area contributed by atoms with E-state index < -0.39 is 10.0 Å². The quantitative estimate of drug-likeness (QED) is 0.722. The highest BCUT2D eigenvalue weighted by Gasteiger charge is 2.33. The minimum absolute atomic E-state index is 0.167. The van der Waals surface area contributed by atoms with Gasteiger partial charge in [-0.15, -0.1) is 11.3 Å². The Morgan fingerprint density at radius 2 is 1.66 bits per heavy atom. The zero-order chi connectivity index (χ0) is 20.3. The van der Waals surface area contributed by atoms with Crippen LogP contribution in [0.4, 0.5) is 0 Å². The minimum atomic E-state index is -3.60. The standard InChI is InChI=1S/C20H26N4O3S2/c25-20(23-13-11-22(12-14-23)16-17-4-7-21-8-5-17)19-18(6-15-28-19)29(26,27)24-9-2-1-3-10-24/h4-8,15H,1-3,9-14,16H2. The number of amides is 1. The summed E-state index contributed by atoms with van der Waals surface area (Å²) in [6.45, 7) is 4.66. The highest BCUT2D eigenvalue weighted by atomic mass is 32.2. The van der Waals surface area contributed by atoms with Crippen molar-refractivity contribution in [2.45, 2.75) is 30.7 Å². The number of piperazine rings is 1. The van der Waals surface area contributed by atoms with E-state index in [2.05, 4.69) is 9.88 Å². The van der Waals surface area contributed by atoms with E-state index in [1.807, 2.05) is 12.1 Å². The number of rotatable bonds is 5. The second kappa shape index (κ2) is 8.91. The third-order valence-electron chi connectivity index (χ3n) is 5.57. The van der Waals surface area contributed by atoms with Crippen LogP contribution in [0.2, 0.25) is 0 Å². The van der Waals surface area contributed by atoms with Gasteiger partial charge in [0.25, 0.3) is 5.91 Å². The summed E-state index contributed by atoms with van der Waals surface area (Å²) < 4.78 is 27.7. The fraction of sp³-hybridized carbons (Fsp3) is 0.500. The minimum Gasteiger partial charge on any atom is -0.335 e. The van der Waals surface area contributed by atoms with Crippen molar-refractivity contribution in [2.75, 3.05) is 39.3 Å². The molecule has 29 heavy (non-hydrogen) atoms. The molecule has 9 heteroatoms. The second-order valence-corrected chi connectivity index (χ2v) is 10.3. The average Bonchev–Trinajstić information content (AvgIpc) is 3.26. The second-order valence-electron chi connectivity index (χ2n) is 7.50. The maximum absolute atomic E-state index is 13.1. The highest BCUT2D eigenvalue weighted by molar-refractivity contribution is 7.89. The molecule has 0 bridgehead atoms. The van der Waals surface area contributed by atoms with E-state index in [4.69, 9.17) is 0 Å². The number of pyridine rings is 1. The predicted molar refractivity (Wildman–Crippen MR) is 112 cm³/mol. The zero-order valence-corrected chi connectivity index (χ0v) is 18.0. The third kappa shape index (κ3) is 4.53. The molecule has 0 aromatic carbocycles. The number of nitrogens with zero attached hydrogens (tertiary/aromatic N) is 4. The van der Waals surface area contributed by atoms with E-state index in [9.17, 15) is 13.2 Å². The highest BCUT2D eigenvalue weighted by Crippen LogP contribution is 2.28. The van der Waals surface area contributed by atoms with E-state index in [1.54, 1.807) is 28.7 Å².